The van der Waals surface area contributed by atoms with Crippen molar-refractivity contribution in [3.63, 3.8) is 0 Å². The smallest absolute Gasteiger partial charge is 0.311 e. The lowest BCUT2D eigenvalue weighted by atomic mass is 10.1. The molecule has 3 aromatic rings. The van der Waals surface area contributed by atoms with Crippen LogP contribution in [0.2, 0.25) is 0 Å². The van der Waals surface area contributed by atoms with E-state index in [0.29, 0.717) is 41.5 Å². The van der Waals surface area contributed by atoms with Crippen LogP contribution in [0.5, 0.6) is 5.75 Å². The molecule has 0 spiro atoms. The number of hydrogen-bond acceptors (Lipinski definition) is 6. The quantitative estimate of drug-likeness (QED) is 0.466. The maximum Gasteiger partial charge on any atom is 0.311 e. The number of thiazole rings is 1. The van der Waals surface area contributed by atoms with Crippen LogP contribution in [0, 0.1) is 5.82 Å². The third-order valence-corrected chi connectivity index (χ3v) is 4.63. The van der Waals surface area contributed by atoms with E-state index in [1.54, 1.807) is 17.5 Å². The van der Waals surface area contributed by atoms with E-state index in [4.69, 9.17) is 9.47 Å². The van der Waals surface area contributed by atoms with Gasteiger partial charge < -0.3 is 9.47 Å². The first-order valence-corrected chi connectivity index (χ1v) is 8.93. The topological polar surface area (TPSA) is 69.9 Å². The first-order valence-electron chi connectivity index (χ1n) is 8.11. The Balaban J connectivity index is 2.06. The zero-order valence-electron chi connectivity index (χ0n) is 14.3. The fourth-order valence-electron chi connectivity index (χ4n) is 2.62. The van der Waals surface area contributed by atoms with Crippen molar-refractivity contribution in [1.82, 2.24) is 9.38 Å². The van der Waals surface area contributed by atoms with Crippen LogP contribution in [0.4, 0.5) is 4.39 Å². The van der Waals surface area contributed by atoms with E-state index < -0.39 is 5.82 Å². The van der Waals surface area contributed by atoms with Crippen LogP contribution >= 0.6 is 11.3 Å². The lowest BCUT2D eigenvalue weighted by molar-refractivity contribution is -0.142. The van der Waals surface area contributed by atoms with Crippen LogP contribution in [0.3, 0.4) is 0 Å². The largest absolute Gasteiger partial charge is 0.493 e. The first kappa shape index (κ1) is 18.1. The molecule has 136 valence electrons. The average Bonchev–Trinajstić information content (AvgIpc) is 3.13. The minimum atomic E-state index is -0.445. The Morgan fingerprint density at radius 3 is 2.85 bits per heavy atom. The lowest BCUT2D eigenvalue weighted by Crippen LogP contribution is -2.06. The van der Waals surface area contributed by atoms with Crippen LogP contribution in [0.25, 0.3) is 16.2 Å². The van der Waals surface area contributed by atoms with E-state index in [1.165, 1.54) is 29.5 Å². The Bertz CT molecular complexity index is 964. The van der Waals surface area contributed by atoms with Crippen molar-refractivity contribution >= 4 is 28.6 Å². The molecule has 2 heterocycles. The first-order chi connectivity index (χ1) is 12.6. The molecule has 0 aliphatic carbocycles. The number of carbonyl (C=O) groups excluding carboxylic acids is 2. The molecule has 0 unspecified atom stereocenters. The summed E-state index contributed by atoms with van der Waals surface area (Å²) >= 11 is 1.28. The van der Waals surface area contributed by atoms with Crippen molar-refractivity contribution in [2.75, 3.05) is 13.2 Å². The molecule has 0 aliphatic heterocycles. The number of benzene rings is 1. The predicted octanol–water partition coefficient (Wildman–Crippen LogP) is 3.52. The summed E-state index contributed by atoms with van der Waals surface area (Å²) in [5, 5.41) is 0. The number of ether oxygens (including phenoxy) is 2. The molecule has 0 amide bonds. The Kier molecular flexibility index (Phi) is 5.32. The molecule has 0 fully saturated rings. The molecule has 0 atom stereocenters. The van der Waals surface area contributed by atoms with Crippen LogP contribution in [0.15, 0.2) is 24.4 Å². The highest BCUT2D eigenvalue weighted by Crippen LogP contribution is 2.34. The molecule has 0 N–H and O–H groups in total. The number of imidazole rings is 1. The number of esters is 1. The third-order valence-electron chi connectivity index (χ3n) is 3.64. The van der Waals surface area contributed by atoms with Crippen LogP contribution in [-0.4, -0.2) is 34.9 Å². The number of aldehydes is 1. The van der Waals surface area contributed by atoms with Crippen molar-refractivity contribution in [2.24, 2.45) is 0 Å². The molecule has 3 rings (SSSR count). The van der Waals surface area contributed by atoms with Gasteiger partial charge in [0.05, 0.1) is 19.6 Å². The lowest BCUT2D eigenvalue weighted by Gasteiger charge is -2.09. The highest BCUT2D eigenvalue weighted by molar-refractivity contribution is 7.17. The van der Waals surface area contributed by atoms with Crippen molar-refractivity contribution < 1.29 is 23.5 Å². The maximum atomic E-state index is 13.7. The zero-order chi connectivity index (χ0) is 18.7. The molecule has 0 radical (unpaired) electrons. The summed E-state index contributed by atoms with van der Waals surface area (Å²) in [4.78, 5) is 29.0. The second kappa shape index (κ2) is 7.65. The van der Waals surface area contributed by atoms with Gasteiger partial charge in [0, 0.05) is 16.6 Å². The van der Waals surface area contributed by atoms with Gasteiger partial charge in [-0.1, -0.05) is 0 Å². The fraction of sp³-hybridized carbons (Fsp3) is 0.278. The number of fused-ring (bicyclic) bond motifs is 1. The molecule has 0 aliphatic rings. The standard InChI is InChI=1S/C18H17FN2O4S/c1-3-24-15-6-5-11(19)7-13(15)17-14(10-22)21-9-12(26-18(21)20-17)8-16(23)25-4-2/h5-7,9-10H,3-4,8H2,1-2H3. The van der Waals surface area contributed by atoms with Gasteiger partial charge in [0.15, 0.2) is 11.2 Å². The van der Waals surface area contributed by atoms with E-state index in [1.807, 2.05) is 6.92 Å². The summed E-state index contributed by atoms with van der Waals surface area (Å²) in [6.45, 7) is 4.28. The van der Waals surface area contributed by atoms with Crippen LogP contribution < -0.4 is 4.74 Å². The summed E-state index contributed by atoms with van der Waals surface area (Å²) in [6, 6.07) is 4.11. The van der Waals surface area contributed by atoms with Gasteiger partial charge >= 0.3 is 5.97 Å². The number of rotatable bonds is 7. The molecule has 0 bridgehead atoms. The van der Waals surface area contributed by atoms with Gasteiger partial charge in [0.1, 0.15) is 23.0 Å². The van der Waals surface area contributed by atoms with E-state index >= 15 is 0 Å². The monoisotopic (exact) mass is 376 g/mol. The molecule has 0 saturated heterocycles. The van der Waals surface area contributed by atoms with Crippen molar-refractivity contribution in [3.8, 4) is 17.0 Å². The third kappa shape index (κ3) is 3.45. The minimum Gasteiger partial charge on any atom is -0.493 e. The SMILES string of the molecule is CCOC(=O)Cc1cn2c(C=O)c(-c3cc(F)ccc3OCC)nc2s1. The summed E-state index contributed by atoms with van der Waals surface area (Å²) in [5.74, 6) is -0.331. The average molecular weight is 376 g/mol. The number of hydrogen-bond donors (Lipinski definition) is 0. The second-order valence-corrected chi connectivity index (χ2v) is 6.46. The fourth-order valence-corrected chi connectivity index (χ4v) is 3.59. The Morgan fingerprint density at radius 1 is 1.35 bits per heavy atom. The summed E-state index contributed by atoms with van der Waals surface area (Å²) in [6.07, 6.45) is 2.45. The molecule has 2 aromatic heterocycles. The maximum absolute atomic E-state index is 13.7. The number of halogens is 1. The summed E-state index contributed by atoms with van der Waals surface area (Å²) in [5.41, 5.74) is 1.03. The Labute approximate surface area is 153 Å². The molecule has 6 nitrogen and oxygen atoms in total. The molecule has 26 heavy (non-hydrogen) atoms. The number of carbonyl (C=O) groups is 2. The molecular formula is C18H17FN2O4S. The zero-order valence-corrected chi connectivity index (χ0v) is 15.1. The second-order valence-electron chi connectivity index (χ2n) is 5.37. The normalized spacial score (nSPS) is 10.9. The van der Waals surface area contributed by atoms with Gasteiger partial charge in [0.2, 0.25) is 0 Å². The van der Waals surface area contributed by atoms with E-state index in [0.717, 1.165) is 4.88 Å². The highest BCUT2D eigenvalue weighted by atomic mass is 32.1. The van der Waals surface area contributed by atoms with E-state index in [2.05, 4.69) is 4.98 Å². The van der Waals surface area contributed by atoms with Crippen molar-refractivity contribution in [2.45, 2.75) is 20.3 Å². The minimum absolute atomic E-state index is 0.111. The van der Waals surface area contributed by atoms with Gasteiger partial charge in [-0.25, -0.2) is 9.37 Å². The number of nitrogens with zero attached hydrogens (tertiary/aromatic N) is 2. The summed E-state index contributed by atoms with van der Waals surface area (Å²) in [7, 11) is 0. The van der Waals surface area contributed by atoms with Gasteiger partial charge in [-0.3, -0.25) is 14.0 Å². The van der Waals surface area contributed by atoms with Gasteiger partial charge in [-0.15, -0.1) is 11.3 Å². The molecule has 8 heteroatoms. The predicted molar refractivity (Wildman–Crippen MR) is 95.4 cm³/mol. The van der Waals surface area contributed by atoms with Crippen molar-refractivity contribution in [1.29, 1.82) is 0 Å². The van der Waals surface area contributed by atoms with Gasteiger partial charge in [-0.05, 0) is 32.0 Å². The van der Waals surface area contributed by atoms with Crippen LogP contribution in [0.1, 0.15) is 29.2 Å². The molecule has 1 aromatic carbocycles. The van der Waals surface area contributed by atoms with E-state index in [-0.39, 0.29) is 18.1 Å². The Morgan fingerprint density at radius 2 is 2.15 bits per heavy atom. The van der Waals surface area contributed by atoms with E-state index in [9.17, 15) is 14.0 Å². The van der Waals surface area contributed by atoms with Crippen LogP contribution in [-0.2, 0) is 16.0 Å². The van der Waals surface area contributed by atoms with Gasteiger partial charge in [0.25, 0.3) is 0 Å². The molecule has 0 saturated carbocycles. The highest BCUT2D eigenvalue weighted by Gasteiger charge is 2.20. The molecular weight excluding hydrogens is 359 g/mol. The number of aromatic nitrogens is 2. The summed E-state index contributed by atoms with van der Waals surface area (Å²) < 4.78 is 25.8. The van der Waals surface area contributed by atoms with Gasteiger partial charge in [-0.2, -0.15) is 0 Å². The Hall–Kier alpha value is -2.74. The van der Waals surface area contributed by atoms with Crippen molar-refractivity contribution in [3.05, 3.63) is 40.8 Å².